The van der Waals surface area contributed by atoms with Gasteiger partial charge in [-0.25, -0.2) is 0 Å². The molecule has 1 aromatic carbocycles. The quantitative estimate of drug-likeness (QED) is 0.907. The minimum absolute atomic E-state index is 0.0271. The van der Waals surface area contributed by atoms with Crippen LogP contribution >= 0.6 is 11.6 Å². The van der Waals surface area contributed by atoms with Gasteiger partial charge in [0.05, 0.1) is 17.8 Å². The maximum absolute atomic E-state index is 12.3. The average molecular weight is 324 g/mol. The Morgan fingerprint density at radius 1 is 1.36 bits per heavy atom. The van der Waals surface area contributed by atoms with Gasteiger partial charge in [-0.1, -0.05) is 11.6 Å². The van der Waals surface area contributed by atoms with E-state index < -0.39 is 5.91 Å². The second-order valence-electron chi connectivity index (χ2n) is 5.28. The molecule has 1 heterocycles. The highest BCUT2D eigenvalue weighted by atomic mass is 35.5. The molecule has 0 aliphatic carbocycles. The topological polar surface area (TPSA) is 69.7 Å². The Kier molecular flexibility index (Phi) is 5.03. The average Bonchev–Trinajstić information content (AvgIpc) is 2.90. The molecule has 1 saturated heterocycles. The van der Waals surface area contributed by atoms with E-state index in [1.807, 2.05) is 0 Å². The first kappa shape index (κ1) is 16.3. The summed E-state index contributed by atoms with van der Waals surface area (Å²) in [6.45, 7) is 0.470. The van der Waals surface area contributed by atoms with Crippen molar-refractivity contribution in [3.63, 3.8) is 0 Å². The summed E-state index contributed by atoms with van der Waals surface area (Å²) in [5.41, 5.74) is 0.830. The van der Waals surface area contributed by atoms with Crippen LogP contribution in [0.15, 0.2) is 18.2 Å². The third kappa shape index (κ3) is 3.57. The molecule has 0 radical (unpaired) electrons. The number of anilines is 1. The van der Waals surface area contributed by atoms with Gasteiger partial charge in [-0.3, -0.25) is 14.4 Å². The molecule has 1 fully saturated rings. The Bertz CT molecular complexity index is 616. The second-order valence-corrected chi connectivity index (χ2v) is 5.72. The molecular weight excluding hydrogens is 306 g/mol. The summed E-state index contributed by atoms with van der Waals surface area (Å²) in [6.07, 6.45) is 1.22. The Hall–Kier alpha value is -2.08. The summed E-state index contributed by atoms with van der Waals surface area (Å²) in [4.78, 5) is 38.7. The Morgan fingerprint density at radius 2 is 2.09 bits per heavy atom. The number of likely N-dealkylation sites (N-methyl/N-ethyl adjacent to an activating group) is 1. The van der Waals surface area contributed by atoms with Crippen LogP contribution in [0.2, 0.25) is 5.02 Å². The lowest BCUT2D eigenvalue weighted by Gasteiger charge is -2.20. The van der Waals surface area contributed by atoms with Crippen LogP contribution in [0.1, 0.15) is 23.2 Å². The zero-order valence-corrected chi connectivity index (χ0v) is 13.3. The lowest BCUT2D eigenvalue weighted by molar-refractivity contribution is -0.127. The number of rotatable bonds is 4. The van der Waals surface area contributed by atoms with Gasteiger partial charge in [-0.05, 0) is 24.6 Å². The minimum Gasteiger partial charge on any atom is -0.347 e. The van der Waals surface area contributed by atoms with E-state index in [2.05, 4.69) is 5.32 Å². The van der Waals surface area contributed by atoms with Crippen molar-refractivity contribution in [1.29, 1.82) is 0 Å². The van der Waals surface area contributed by atoms with Gasteiger partial charge in [0, 0.05) is 32.1 Å². The molecule has 0 unspecified atom stereocenters. The van der Waals surface area contributed by atoms with Crippen molar-refractivity contribution in [3.05, 3.63) is 28.8 Å². The molecule has 0 saturated carbocycles. The lowest BCUT2D eigenvalue weighted by atomic mass is 10.1. The van der Waals surface area contributed by atoms with E-state index in [-0.39, 0.29) is 18.4 Å². The summed E-state index contributed by atoms with van der Waals surface area (Å²) in [7, 11) is 3.23. The van der Waals surface area contributed by atoms with Gasteiger partial charge >= 0.3 is 0 Å². The standard InChI is InChI=1S/C15H18ClN3O3/c1-18(2)14(21)9-17-15(22)11-6-5-10(16)8-12(11)19-7-3-4-13(19)20/h5-6,8H,3-4,7,9H2,1-2H3,(H,17,22). The number of hydrogen-bond donors (Lipinski definition) is 1. The molecule has 1 aliphatic rings. The highest BCUT2D eigenvalue weighted by Gasteiger charge is 2.26. The molecule has 0 spiro atoms. The van der Waals surface area contributed by atoms with Gasteiger partial charge in [-0.15, -0.1) is 0 Å². The van der Waals surface area contributed by atoms with Crippen molar-refractivity contribution >= 4 is 35.0 Å². The molecule has 3 amide bonds. The fourth-order valence-electron chi connectivity index (χ4n) is 2.23. The third-order valence-electron chi connectivity index (χ3n) is 3.47. The first-order valence-corrected chi connectivity index (χ1v) is 7.36. The van der Waals surface area contributed by atoms with Crippen LogP contribution < -0.4 is 10.2 Å². The van der Waals surface area contributed by atoms with Gasteiger partial charge in [0.15, 0.2) is 0 Å². The van der Waals surface area contributed by atoms with E-state index in [0.717, 1.165) is 6.42 Å². The van der Waals surface area contributed by atoms with Crippen molar-refractivity contribution < 1.29 is 14.4 Å². The van der Waals surface area contributed by atoms with E-state index in [1.54, 1.807) is 37.2 Å². The number of benzene rings is 1. The van der Waals surface area contributed by atoms with Gasteiger partial charge in [-0.2, -0.15) is 0 Å². The zero-order chi connectivity index (χ0) is 16.3. The highest BCUT2D eigenvalue weighted by molar-refractivity contribution is 6.31. The van der Waals surface area contributed by atoms with Gasteiger partial charge in [0.1, 0.15) is 0 Å². The van der Waals surface area contributed by atoms with E-state index >= 15 is 0 Å². The van der Waals surface area contributed by atoms with E-state index in [9.17, 15) is 14.4 Å². The molecule has 1 aliphatic heterocycles. The first-order chi connectivity index (χ1) is 10.4. The van der Waals surface area contributed by atoms with Crippen LogP contribution in [0, 0.1) is 0 Å². The Balaban J connectivity index is 2.21. The summed E-state index contributed by atoms with van der Waals surface area (Å²) < 4.78 is 0. The molecule has 7 heteroatoms. The van der Waals surface area contributed by atoms with Crippen molar-refractivity contribution in [3.8, 4) is 0 Å². The van der Waals surface area contributed by atoms with Crippen molar-refractivity contribution in [2.24, 2.45) is 0 Å². The predicted molar refractivity (Wildman–Crippen MR) is 84.1 cm³/mol. The largest absolute Gasteiger partial charge is 0.347 e. The number of nitrogens with zero attached hydrogens (tertiary/aromatic N) is 2. The van der Waals surface area contributed by atoms with Crippen LogP contribution in [0.4, 0.5) is 5.69 Å². The number of nitrogens with one attached hydrogen (secondary N) is 1. The number of carbonyl (C=O) groups is 3. The van der Waals surface area contributed by atoms with Crippen molar-refractivity contribution in [1.82, 2.24) is 10.2 Å². The molecule has 1 aromatic rings. The van der Waals surface area contributed by atoms with E-state index in [1.165, 1.54) is 4.90 Å². The molecule has 0 aromatic heterocycles. The van der Waals surface area contributed by atoms with Gasteiger partial charge < -0.3 is 15.1 Å². The van der Waals surface area contributed by atoms with Crippen LogP contribution in [0.5, 0.6) is 0 Å². The fourth-order valence-corrected chi connectivity index (χ4v) is 2.40. The maximum atomic E-state index is 12.3. The predicted octanol–water partition coefficient (Wildman–Crippen LogP) is 1.28. The second kappa shape index (κ2) is 6.79. The maximum Gasteiger partial charge on any atom is 0.253 e. The number of hydrogen-bond acceptors (Lipinski definition) is 3. The zero-order valence-electron chi connectivity index (χ0n) is 12.6. The molecule has 2 rings (SSSR count). The van der Waals surface area contributed by atoms with Crippen LogP contribution in [-0.4, -0.2) is 49.8 Å². The first-order valence-electron chi connectivity index (χ1n) is 6.98. The van der Waals surface area contributed by atoms with Crippen LogP contribution in [0.3, 0.4) is 0 Å². The summed E-state index contributed by atoms with van der Waals surface area (Å²) >= 11 is 5.99. The molecule has 1 N–H and O–H groups in total. The number of carbonyl (C=O) groups excluding carboxylic acids is 3. The molecule has 6 nitrogen and oxygen atoms in total. The van der Waals surface area contributed by atoms with E-state index in [0.29, 0.717) is 29.2 Å². The van der Waals surface area contributed by atoms with Crippen LogP contribution in [0.25, 0.3) is 0 Å². The van der Waals surface area contributed by atoms with E-state index in [4.69, 9.17) is 11.6 Å². The summed E-state index contributed by atoms with van der Waals surface area (Å²) in [5, 5.41) is 3.02. The molecular formula is C15H18ClN3O3. The third-order valence-corrected chi connectivity index (χ3v) is 3.70. The lowest BCUT2D eigenvalue weighted by Crippen LogP contribution is -2.37. The smallest absolute Gasteiger partial charge is 0.253 e. The van der Waals surface area contributed by atoms with Gasteiger partial charge in [0.25, 0.3) is 5.91 Å². The molecule has 0 atom stereocenters. The van der Waals surface area contributed by atoms with Crippen molar-refractivity contribution in [2.75, 3.05) is 32.1 Å². The monoisotopic (exact) mass is 323 g/mol. The Labute approximate surface area is 134 Å². The summed E-state index contributed by atoms with van der Waals surface area (Å²) in [5.74, 6) is -0.636. The van der Waals surface area contributed by atoms with Crippen molar-refractivity contribution in [2.45, 2.75) is 12.8 Å². The summed E-state index contributed by atoms with van der Waals surface area (Å²) in [6, 6.07) is 4.76. The minimum atomic E-state index is -0.401. The van der Waals surface area contributed by atoms with Gasteiger partial charge in [0.2, 0.25) is 11.8 Å². The molecule has 0 bridgehead atoms. The fraction of sp³-hybridized carbons (Fsp3) is 0.400. The number of halogens is 1. The highest BCUT2D eigenvalue weighted by Crippen LogP contribution is 2.28. The Morgan fingerprint density at radius 3 is 2.68 bits per heavy atom. The normalized spacial score (nSPS) is 14.1. The molecule has 22 heavy (non-hydrogen) atoms. The SMILES string of the molecule is CN(C)C(=O)CNC(=O)c1ccc(Cl)cc1N1CCCC1=O. The number of amides is 3. The molecule has 118 valence electrons. The van der Waals surface area contributed by atoms with Crippen LogP contribution in [-0.2, 0) is 9.59 Å².